The quantitative estimate of drug-likeness (QED) is 0.918. The lowest BCUT2D eigenvalue weighted by Crippen LogP contribution is -2.15. The summed E-state index contributed by atoms with van der Waals surface area (Å²) in [7, 11) is 0. The summed E-state index contributed by atoms with van der Waals surface area (Å²) in [6.07, 6.45) is 0. The maximum absolute atomic E-state index is 5.59. The lowest BCUT2D eigenvalue weighted by atomic mass is 10.2. The Hall–Kier alpha value is -1.68. The third kappa shape index (κ3) is 2.68. The molecule has 0 amide bonds. The fourth-order valence-corrected chi connectivity index (χ4v) is 3.02. The summed E-state index contributed by atoms with van der Waals surface area (Å²) < 4.78 is 11.1. The van der Waals surface area contributed by atoms with Crippen molar-refractivity contribution >= 4 is 17.0 Å². The van der Waals surface area contributed by atoms with E-state index in [-0.39, 0.29) is 0 Å². The van der Waals surface area contributed by atoms with Gasteiger partial charge >= 0.3 is 0 Å². The zero-order chi connectivity index (χ0) is 13.2. The number of thiophene rings is 1. The third-order valence-corrected chi connectivity index (χ3v) is 4.30. The number of aryl methyl sites for hydroxylation is 1. The van der Waals surface area contributed by atoms with Crippen LogP contribution in [0, 0.1) is 6.92 Å². The van der Waals surface area contributed by atoms with E-state index in [0.29, 0.717) is 19.3 Å². The molecule has 0 fully saturated rings. The van der Waals surface area contributed by atoms with E-state index in [1.54, 1.807) is 0 Å². The second kappa shape index (κ2) is 5.13. The molecule has 3 rings (SSSR count). The molecule has 0 radical (unpaired) electrons. The number of hydrogen-bond donors (Lipinski definition) is 1. The van der Waals surface area contributed by atoms with Crippen LogP contribution in [0.25, 0.3) is 0 Å². The Bertz CT molecular complexity index is 579. The van der Waals surface area contributed by atoms with Crippen molar-refractivity contribution in [3.63, 3.8) is 0 Å². The van der Waals surface area contributed by atoms with Crippen LogP contribution in [0.3, 0.4) is 0 Å². The van der Waals surface area contributed by atoms with Gasteiger partial charge in [0.05, 0.1) is 6.04 Å². The second-order valence-electron chi connectivity index (χ2n) is 4.67. The van der Waals surface area contributed by atoms with E-state index in [4.69, 9.17) is 9.47 Å². The van der Waals surface area contributed by atoms with Gasteiger partial charge < -0.3 is 14.8 Å². The zero-order valence-electron chi connectivity index (χ0n) is 11.1. The van der Waals surface area contributed by atoms with Crippen molar-refractivity contribution in [3.05, 3.63) is 40.1 Å². The number of hydrogen-bond acceptors (Lipinski definition) is 4. The molecule has 3 nitrogen and oxygen atoms in total. The number of fused-ring (bicyclic) bond motifs is 1. The molecular formula is C15H17NO2S. The van der Waals surface area contributed by atoms with Crippen LogP contribution in [0.5, 0.6) is 11.5 Å². The van der Waals surface area contributed by atoms with Gasteiger partial charge in [-0.2, -0.15) is 0 Å². The summed E-state index contributed by atoms with van der Waals surface area (Å²) in [6.45, 7) is 5.55. The van der Waals surface area contributed by atoms with E-state index in [2.05, 4.69) is 31.3 Å². The van der Waals surface area contributed by atoms with Gasteiger partial charge in [0.1, 0.15) is 13.2 Å². The summed E-state index contributed by atoms with van der Waals surface area (Å²) in [5.41, 5.74) is 1.06. The van der Waals surface area contributed by atoms with Gasteiger partial charge in [-0.25, -0.2) is 0 Å². The van der Waals surface area contributed by atoms with E-state index in [9.17, 15) is 0 Å². The second-order valence-corrected chi connectivity index (χ2v) is 5.99. The van der Waals surface area contributed by atoms with Gasteiger partial charge in [-0.05, 0) is 38.1 Å². The van der Waals surface area contributed by atoms with Crippen molar-refractivity contribution in [1.82, 2.24) is 0 Å². The van der Waals surface area contributed by atoms with Crippen molar-refractivity contribution in [1.29, 1.82) is 0 Å². The topological polar surface area (TPSA) is 30.5 Å². The first kappa shape index (κ1) is 12.4. The highest BCUT2D eigenvalue weighted by atomic mass is 32.1. The highest BCUT2D eigenvalue weighted by Crippen LogP contribution is 2.34. The molecular weight excluding hydrogens is 258 g/mol. The van der Waals surface area contributed by atoms with Gasteiger partial charge in [-0.3, -0.25) is 0 Å². The van der Waals surface area contributed by atoms with Crippen molar-refractivity contribution in [2.45, 2.75) is 19.9 Å². The summed E-state index contributed by atoms with van der Waals surface area (Å²) in [5.74, 6) is 1.65. The van der Waals surface area contributed by atoms with E-state index < -0.39 is 0 Å². The van der Waals surface area contributed by atoms with Gasteiger partial charge in [-0.1, -0.05) is 0 Å². The Kier molecular flexibility index (Phi) is 3.34. The first-order valence-electron chi connectivity index (χ1n) is 6.45. The van der Waals surface area contributed by atoms with Crippen LogP contribution in [-0.2, 0) is 0 Å². The normalized spacial score (nSPS) is 15.1. The van der Waals surface area contributed by atoms with Crippen LogP contribution in [0.2, 0.25) is 0 Å². The molecule has 1 aliphatic rings. The minimum absolute atomic E-state index is 0.293. The van der Waals surface area contributed by atoms with Crippen molar-refractivity contribution in [2.24, 2.45) is 0 Å². The Morgan fingerprint density at radius 1 is 1.11 bits per heavy atom. The van der Waals surface area contributed by atoms with E-state index in [1.807, 2.05) is 29.5 Å². The monoisotopic (exact) mass is 275 g/mol. The Balaban J connectivity index is 1.76. The van der Waals surface area contributed by atoms with Crippen LogP contribution < -0.4 is 14.8 Å². The van der Waals surface area contributed by atoms with Crippen LogP contribution >= 0.6 is 11.3 Å². The molecule has 0 aliphatic carbocycles. The van der Waals surface area contributed by atoms with Gasteiger partial charge in [0.25, 0.3) is 0 Å². The molecule has 1 aromatic heterocycles. The number of ether oxygens (including phenoxy) is 2. The lowest BCUT2D eigenvalue weighted by molar-refractivity contribution is 0.171. The summed E-state index contributed by atoms with van der Waals surface area (Å²) in [6, 6.07) is 10.6. The van der Waals surface area contributed by atoms with Crippen molar-refractivity contribution in [3.8, 4) is 11.5 Å². The predicted octanol–water partition coefficient (Wildman–Crippen LogP) is 4.00. The molecule has 1 atom stereocenters. The van der Waals surface area contributed by atoms with Crippen molar-refractivity contribution in [2.75, 3.05) is 18.5 Å². The molecule has 1 aliphatic heterocycles. The summed E-state index contributed by atoms with van der Waals surface area (Å²) >= 11 is 1.83. The molecule has 4 heteroatoms. The molecule has 2 heterocycles. The first-order valence-corrected chi connectivity index (χ1v) is 7.26. The fourth-order valence-electron chi connectivity index (χ4n) is 2.14. The Labute approximate surface area is 117 Å². The highest BCUT2D eigenvalue weighted by molar-refractivity contribution is 7.12. The predicted molar refractivity (Wildman–Crippen MR) is 78.5 cm³/mol. The molecule has 0 spiro atoms. The van der Waals surface area contributed by atoms with Crippen LogP contribution in [0.4, 0.5) is 5.69 Å². The molecule has 19 heavy (non-hydrogen) atoms. The average Bonchev–Trinajstić information content (AvgIpc) is 2.85. The maximum Gasteiger partial charge on any atom is 0.163 e. The third-order valence-electron chi connectivity index (χ3n) is 3.11. The van der Waals surface area contributed by atoms with Gasteiger partial charge in [0.15, 0.2) is 11.5 Å². The minimum atomic E-state index is 0.293. The van der Waals surface area contributed by atoms with Gasteiger partial charge in [0, 0.05) is 21.5 Å². The molecule has 100 valence electrons. The standard InChI is InChI=1S/C15H17NO2S/c1-10-3-6-15(19-10)11(2)16-12-4-5-13-14(9-12)18-8-7-17-13/h3-6,9,11,16H,7-8H2,1-2H3. The van der Waals surface area contributed by atoms with E-state index >= 15 is 0 Å². The van der Waals surface area contributed by atoms with Crippen LogP contribution in [0.15, 0.2) is 30.3 Å². The fraction of sp³-hybridized carbons (Fsp3) is 0.333. The first-order chi connectivity index (χ1) is 9.22. The maximum atomic E-state index is 5.59. The SMILES string of the molecule is Cc1ccc(C(C)Nc2ccc3c(c2)OCCO3)s1. The smallest absolute Gasteiger partial charge is 0.163 e. The number of benzene rings is 1. The summed E-state index contributed by atoms with van der Waals surface area (Å²) in [5, 5.41) is 3.50. The lowest BCUT2D eigenvalue weighted by Gasteiger charge is -2.20. The van der Waals surface area contributed by atoms with Crippen molar-refractivity contribution < 1.29 is 9.47 Å². The highest BCUT2D eigenvalue weighted by Gasteiger charge is 2.13. The van der Waals surface area contributed by atoms with Crippen LogP contribution in [0.1, 0.15) is 22.7 Å². The van der Waals surface area contributed by atoms with E-state index in [0.717, 1.165) is 17.2 Å². The molecule has 1 aromatic carbocycles. The van der Waals surface area contributed by atoms with Gasteiger partial charge in [0.2, 0.25) is 0 Å². The summed E-state index contributed by atoms with van der Waals surface area (Å²) in [4.78, 5) is 2.68. The Morgan fingerprint density at radius 2 is 1.89 bits per heavy atom. The minimum Gasteiger partial charge on any atom is -0.486 e. The Morgan fingerprint density at radius 3 is 2.63 bits per heavy atom. The molecule has 0 saturated heterocycles. The zero-order valence-corrected chi connectivity index (χ0v) is 11.9. The van der Waals surface area contributed by atoms with E-state index in [1.165, 1.54) is 9.75 Å². The average molecular weight is 275 g/mol. The molecule has 0 bridgehead atoms. The number of nitrogens with one attached hydrogen (secondary N) is 1. The molecule has 2 aromatic rings. The molecule has 1 unspecified atom stereocenters. The number of rotatable bonds is 3. The van der Waals surface area contributed by atoms with Crippen LogP contribution in [-0.4, -0.2) is 13.2 Å². The molecule has 1 N–H and O–H groups in total. The largest absolute Gasteiger partial charge is 0.486 e. The number of anilines is 1. The van der Waals surface area contributed by atoms with Gasteiger partial charge in [-0.15, -0.1) is 11.3 Å². The molecule has 0 saturated carbocycles.